The quantitative estimate of drug-likeness (QED) is 0.517. The number of methoxy groups -OCH3 is 1. The molecule has 0 aliphatic rings. The van der Waals surface area contributed by atoms with Crippen molar-refractivity contribution in [2.75, 3.05) is 20.3 Å². The molecular weight excluding hydrogens is 328 g/mol. The molecule has 0 bridgehead atoms. The molecule has 0 radical (unpaired) electrons. The van der Waals surface area contributed by atoms with Crippen molar-refractivity contribution in [2.24, 2.45) is 11.3 Å². The predicted molar refractivity (Wildman–Crippen MR) is 109 cm³/mol. The van der Waals surface area contributed by atoms with Crippen LogP contribution >= 0.6 is 0 Å². The van der Waals surface area contributed by atoms with Gasteiger partial charge in [-0.1, -0.05) is 41.5 Å². The van der Waals surface area contributed by atoms with E-state index in [0.717, 1.165) is 6.42 Å². The van der Waals surface area contributed by atoms with Crippen molar-refractivity contribution < 1.29 is 14.3 Å². The Hall–Kier alpha value is -0.650. The van der Waals surface area contributed by atoms with E-state index in [9.17, 15) is 4.79 Å². The number of hydrogen-bond acceptors (Lipinski definition) is 4. The third-order valence-corrected chi connectivity index (χ3v) is 4.74. The van der Waals surface area contributed by atoms with Crippen molar-refractivity contribution in [1.29, 1.82) is 0 Å². The molecule has 0 aromatic heterocycles. The molecule has 0 heterocycles. The number of rotatable bonds is 13. The van der Waals surface area contributed by atoms with Crippen molar-refractivity contribution in [2.45, 2.75) is 98.9 Å². The highest BCUT2D eigenvalue weighted by atomic mass is 16.5. The number of amides is 1. The minimum Gasteiger partial charge on any atom is -0.382 e. The molecule has 0 aromatic carbocycles. The Balaban J connectivity index is 4.60. The van der Waals surface area contributed by atoms with Gasteiger partial charge < -0.3 is 20.1 Å². The van der Waals surface area contributed by atoms with Gasteiger partial charge in [0.2, 0.25) is 5.91 Å². The lowest BCUT2D eigenvalue weighted by Crippen LogP contribution is -2.50. The Morgan fingerprint density at radius 3 is 2.08 bits per heavy atom. The largest absolute Gasteiger partial charge is 0.382 e. The van der Waals surface area contributed by atoms with Crippen LogP contribution in [0.2, 0.25) is 0 Å². The summed E-state index contributed by atoms with van der Waals surface area (Å²) < 4.78 is 11.3. The number of ether oxygens (including phenoxy) is 2. The maximum absolute atomic E-state index is 12.8. The van der Waals surface area contributed by atoms with Gasteiger partial charge in [-0.25, -0.2) is 0 Å². The highest BCUT2D eigenvalue weighted by molar-refractivity contribution is 5.81. The summed E-state index contributed by atoms with van der Waals surface area (Å²) in [5.74, 6) is 0.541. The molecule has 0 fully saturated rings. The van der Waals surface area contributed by atoms with E-state index in [1.165, 1.54) is 0 Å². The van der Waals surface area contributed by atoms with Crippen LogP contribution < -0.4 is 10.6 Å². The summed E-state index contributed by atoms with van der Waals surface area (Å²) in [5.41, 5.74) is -0.850. The fourth-order valence-corrected chi connectivity index (χ4v) is 3.17. The molecule has 0 aromatic rings. The van der Waals surface area contributed by atoms with Crippen LogP contribution in [0.1, 0.15) is 75.2 Å². The maximum atomic E-state index is 12.8. The van der Waals surface area contributed by atoms with Gasteiger partial charge in [-0.15, -0.1) is 0 Å². The van der Waals surface area contributed by atoms with Crippen LogP contribution in [0.25, 0.3) is 0 Å². The number of carbonyl (C=O) groups excluding carboxylic acids is 1. The Kier molecular flexibility index (Phi) is 11.0. The Bertz CT molecular complexity index is 406. The molecule has 2 unspecified atom stereocenters. The van der Waals surface area contributed by atoms with E-state index in [-0.39, 0.29) is 23.7 Å². The van der Waals surface area contributed by atoms with Crippen LogP contribution in [0.5, 0.6) is 0 Å². The molecule has 2 atom stereocenters. The van der Waals surface area contributed by atoms with Gasteiger partial charge in [-0.3, -0.25) is 4.79 Å². The second kappa shape index (κ2) is 11.3. The van der Waals surface area contributed by atoms with Gasteiger partial charge in [0.15, 0.2) is 0 Å². The summed E-state index contributed by atoms with van der Waals surface area (Å²) >= 11 is 0. The maximum Gasteiger partial charge on any atom is 0.225 e. The smallest absolute Gasteiger partial charge is 0.225 e. The normalized spacial score (nSPS) is 15.4. The average Bonchev–Trinajstić information content (AvgIpc) is 2.48. The molecule has 0 rings (SSSR count). The zero-order chi connectivity index (χ0) is 20.5. The van der Waals surface area contributed by atoms with Gasteiger partial charge in [0, 0.05) is 37.8 Å². The monoisotopic (exact) mass is 372 g/mol. The van der Waals surface area contributed by atoms with E-state index < -0.39 is 5.41 Å². The molecule has 5 nitrogen and oxygen atoms in total. The molecule has 26 heavy (non-hydrogen) atoms. The first kappa shape index (κ1) is 25.4. The second-order valence-corrected chi connectivity index (χ2v) is 9.39. The van der Waals surface area contributed by atoms with Crippen LogP contribution in [0.4, 0.5) is 0 Å². The zero-order valence-electron chi connectivity index (χ0n) is 18.9. The molecule has 156 valence electrons. The van der Waals surface area contributed by atoms with Crippen molar-refractivity contribution in [1.82, 2.24) is 10.6 Å². The van der Waals surface area contributed by atoms with E-state index in [2.05, 4.69) is 52.2 Å². The highest BCUT2D eigenvalue weighted by Crippen LogP contribution is 2.30. The van der Waals surface area contributed by atoms with Gasteiger partial charge >= 0.3 is 0 Å². The Morgan fingerprint density at radius 2 is 1.62 bits per heavy atom. The van der Waals surface area contributed by atoms with Gasteiger partial charge in [0.05, 0.1) is 11.7 Å². The lowest BCUT2D eigenvalue weighted by Gasteiger charge is -2.35. The van der Waals surface area contributed by atoms with Crippen molar-refractivity contribution >= 4 is 5.91 Å². The lowest BCUT2D eigenvalue weighted by molar-refractivity contribution is -0.134. The molecule has 0 aliphatic heterocycles. The van der Waals surface area contributed by atoms with E-state index >= 15 is 0 Å². The first-order valence-electron chi connectivity index (χ1n) is 10.0. The fourth-order valence-electron chi connectivity index (χ4n) is 3.17. The summed E-state index contributed by atoms with van der Waals surface area (Å²) in [6.45, 7) is 20.0. The van der Waals surface area contributed by atoms with E-state index in [1.54, 1.807) is 7.11 Å². The summed E-state index contributed by atoms with van der Waals surface area (Å²) in [4.78, 5) is 12.8. The molecule has 0 spiro atoms. The molecule has 0 aliphatic carbocycles. The summed E-state index contributed by atoms with van der Waals surface area (Å²) in [7, 11) is 1.71. The Morgan fingerprint density at radius 1 is 1.04 bits per heavy atom. The minimum absolute atomic E-state index is 0.0793. The fraction of sp³-hybridized carbons (Fsp3) is 0.952. The summed E-state index contributed by atoms with van der Waals surface area (Å²) in [6.07, 6.45) is 1.70. The van der Waals surface area contributed by atoms with Crippen molar-refractivity contribution in [3.8, 4) is 0 Å². The first-order chi connectivity index (χ1) is 11.8. The first-order valence-corrected chi connectivity index (χ1v) is 10.0. The minimum atomic E-state index is -0.490. The molecule has 1 amide bonds. The summed E-state index contributed by atoms with van der Waals surface area (Å²) in [5, 5.41) is 6.67. The van der Waals surface area contributed by atoms with Crippen LogP contribution in [0, 0.1) is 11.3 Å². The van der Waals surface area contributed by atoms with E-state index in [0.29, 0.717) is 31.5 Å². The Labute approximate surface area is 162 Å². The van der Waals surface area contributed by atoms with Crippen LogP contribution in [0.15, 0.2) is 0 Å². The highest BCUT2D eigenvalue weighted by Gasteiger charge is 2.35. The van der Waals surface area contributed by atoms with Crippen molar-refractivity contribution in [3.05, 3.63) is 0 Å². The molecule has 0 saturated carbocycles. The van der Waals surface area contributed by atoms with Crippen molar-refractivity contribution in [3.63, 3.8) is 0 Å². The third-order valence-electron chi connectivity index (χ3n) is 4.74. The topological polar surface area (TPSA) is 59.6 Å². The van der Waals surface area contributed by atoms with E-state index in [1.807, 2.05) is 20.8 Å². The zero-order valence-corrected chi connectivity index (χ0v) is 18.9. The second-order valence-electron chi connectivity index (χ2n) is 9.39. The third kappa shape index (κ3) is 10.5. The number of nitrogens with one attached hydrogen (secondary N) is 2. The molecular formula is C21H44N2O3. The standard InChI is InChI=1S/C21H44N2O3/c1-15(2)18(23-16(3)4)13-22-19(24)20(6,7)14-21(8,9)26-12-11-17(5)25-10/h15-18,23H,11-14H2,1-10H3,(H,22,24). The molecule has 2 N–H and O–H groups in total. The predicted octanol–water partition coefficient (Wildman–Crippen LogP) is 3.76. The van der Waals surface area contributed by atoms with Gasteiger partial charge in [0.1, 0.15) is 0 Å². The molecule has 5 heteroatoms. The van der Waals surface area contributed by atoms with E-state index in [4.69, 9.17) is 9.47 Å². The van der Waals surface area contributed by atoms with Gasteiger partial charge in [-0.2, -0.15) is 0 Å². The lowest BCUT2D eigenvalue weighted by atomic mass is 9.80. The average molecular weight is 373 g/mol. The van der Waals surface area contributed by atoms with Crippen LogP contribution in [-0.2, 0) is 14.3 Å². The van der Waals surface area contributed by atoms with Gasteiger partial charge in [0.25, 0.3) is 0 Å². The van der Waals surface area contributed by atoms with Crippen LogP contribution in [0.3, 0.4) is 0 Å². The summed E-state index contributed by atoms with van der Waals surface area (Å²) in [6, 6.07) is 0.670. The molecule has 0 saturated heterocycles. The SMILES string of the molecule is COC(C)CCOC(C)(C)CC(C)(C)C(=O)NCC(NC(C)C)C(C)C. The van der Waals surface area contributed by atoms with Gasteiger partial charge in [-0.05, 0) is 39.5 Å². The number of carbonyl (C=O) groups is 1. The van der Waals surface area contributed by atoms with Crippen LogP contribution in [-0.4, -0.2) is 50.0 Å². The number of hydrogen-bond donors (Lipinski definition) is 2.